The van der Waals surface area contributed by atoms with E-state index in [1.165, 1.54) is 32.6 Å². The minimum atomic E-state index is -0.921. The fourth-order valence-corrected chi connectivity index (χ4v) is 3.46. The summed E-state index contributed by atoms with van der Waals surface area (Å²) in [6, 6.07) is -0.664. The number of rotatable bonds is 9. The lowest BCUT2D eigenvalue weighted by atomic mass is 9.95. The van der Waals surface area contributed by atoms with Crippen LogP contribution in [0.15, 0.2) is 0 Å². The average Bonchev–Trinajstić information content (AvgIpc) is 2.57. The van der Waals surface area contributed by atoms with E-state index in [1.807, 2.05) is 0 Å². The second kappa shape index (κ2) is 9.99. The fraction of sp³-hybridized carbons (Fsp3) is 0.947. The van der Waals surface area contributed by atoms with Gasteiger partial charge in [-0.25, -0.2) is 0 Å². The highest BCUT2D eigenvalue weighted by molar-refractivity contribution is 5.73. The van der Waals surface area contributed by atoms with Crippen LogP contribution >= 0.6 is 0 Å². The Morgan fingerprint density at radius 1 is 1.23 bits per heavy atom. The Kier molecular flexibility index (Phi) is 8.29. The third kappa shape index (κ3) is 6.16. The molecule has 2 N–H and O–H groups in total. The summed E-state index contributed by atoms with van der Waals surface area (Å²) in [5.74, 6) is -1.03. The zero-order valence-corrected chi connectivity index (χ0v) is 16.5. The number of aliphatic hydroxyl groups excluding tert-OH is 1. The van der Waals surface area contributed by atoms with Crippen LogP contribution in [-0.4, -0.2) is 60.7 Å². The van der Waals surface area contributed by atoms with Gasteiger partial charge in [-0.3, -0.25) is 4.79 Å². The molecule has 26 heavy (non-hydrogen) atoms. The van der Waals surface area contributed by atoms with Gasteiger partial charge in [0.1, 0.15) is 24.4 Å². The van der Waals surface area contributed by atoms with Gasteiger partial charge in [-0.2, -0.15) is 0 Å². The summed E-state index contributed by atoms with van der Waals surface area (Å²) in [6.07, 6.45) is 4.36. The van der Waals surface area contributed by atoms with Crippen molar-refractivity contribution in [2.45, 2.75) is 103 Å². The third-order valence-corrected chi connectivity index (χ3v) is 4.84. The number of amides is 1. The zero-order chi connectivity index (χ0) is 19.2. The number of unbranched alkanes of at least 4 members (excludes halogenated alkanes) is 5. The largest absolute Gasteiger partial charge is 0.388 e. The number of ether oxygens (including phenoxy) is 4. The van der Waals surface area contributed by atoms with Crippen molar-refractivity contribution in [1.29, 1.82) is 0 Å². The number of fused-ring (bicyclic) bond motifs is 1. The highest BCUT2D eigenvalue weighted by Gasteiger charge is 2.51. The molecule has 2 fully saturated rings. The van der Waals surface area contributed by atoms with E-state index in [1.54, 1.807) is 13.8 Å². The first-order valence-corrected chi connectivity index (χ1v) is 9.88. The standard InChI is InChI=1S/C19H35NO6/c1-5-6-7-8-9-10-11-23-18-15(20-13(2)21)16(22)17-14(25-18)12-24-19(3,4)26-17/h14-18,22H,5-12H2,1-4H3,(H,20,21)/t14-,15-,16+,17+,18-/m1/s1. The van der Waals surface area contributed by atoms with Gasteiger partial charge >= 0.3 is 0 Å². The van der Waals surface area contributed by atoms with Crippen molar-refractivity contribution in [3.8, 4) is 0 Å². The van der Waals surface area contributed by atoms with Gasteiger partial charge in [0.25, 0.3) is 0 Å². The van der Waals surface area contributed by atoms with E-state index >= 15 is 0 Å². The van der Waals surface area contributed by atoms with E-state index in [0.29, 0.717) is 13.2 Å². The molecule has 0 bridgehead atoms. The van der Waals surface area contributed by atoms with E-state index in [2.05, 4.69) is 12.2 Å². The van der Waals surface area contributed by atoms with Crippen LogP contribution in [0.5, 0.6) is 0 Å². The Morgan fingerprint density at radius 3 is 2.62 bits per heavy atom. The van der Waals surface area contributed by atoms with E-state index in [0.717, 1.165) is 12.8 Å². The van der Waals surface area contributed by atoms with Gasteiger partial charge in [0.2, 0.25) is 5.91 Å². The number of hydrogen-bond acceptors (Lipinski definition) is 6. The number of carbonyl (C=O) groups is 1. The number of nitrogens with one attached hydrogen (secondary N) is 1. The van der Waals surface area contributed by atoms with Crippen LogP contribution in [0.2, 0.25) is 0 Å². The molecule has 152 valence electrons. The molecule has 5 atom stereocenters. The van der Waals surface area contributed by atoms with Crippen molar-refractivity contribution in [2.24, 2.45) is 0 Å². The summed E-state index contributed by atoms with van der Waals surface area (Å²) in [6.45, 7) is 8.06. The fourth-order valence-electron chi connectivity index (χ4n) is 3.46. The first-order valence-electron chi connectivity index (χ1n) is 9.88. The van der Waals surface area contributed by atoms with Crippen LogP contribution in [0, 0.1) is 0 Å². The first-order chi connectivity index (χ1) is 12.3. The summed E-state index contributed by atoms with van der Waals surface area (Å²) in [5, 5.41) is 13.5. The summed E-state index contributed by atoms with van der Waals surface area (Å²) < 4.78 is 23.3. The van der Waals surface area contributed by atoms with Crippen LogP contribution in [0.25, 0.3) is 0 Å². The number of hydrogen-bond donors (Lipinski definition) is 2. The highest BCUT2D eigenvalue weighted by atomic mass is 16.8. The molecule has 0 aromatic heterocycles. The van der Waals surface area contributed by atoms with Gasteiger partial charge in [-0.05, 0) is 20.3 Å². The van der Waals surface area contributed by atoms with Crippen LogP contribution in [0.3, 0.4) is 0 Å². The van der Waals surface area contributed by atoms with Crippen molar-refractivity contribution in [3.05, 3.63) is 0 Å². The SMILES string of the molecule is CCCCCCCCO[C@@H]1O[C@@H]2COC(C)(C)O[C@@H]2[C@@H](O)[C@H]1NC(C)=O. The molecule has 0 saturated carbocycles. The van der Waals surface area contributed by atoms with Crippen molar-refractivity contribution >= 4 is 5.91 Å². The second-order valence-electron chi connectivity index (χ2n) is 7.69. The molecular weight excluding hydrogens is 338 g/mol. The maximum atomic E-state index is 11.6. The summed E-state index contributed by atoms with van der Waals surface area (Å²) in [5.41, 5.74) is 0. The molecule has 0 spiro atoms. The molecule has 2 heterocycles. The minimum Gasteiger partial charge on any atom is -0.388 e. The lowest BCUT2D eigenvalue weighted by Crippen LogP contribution is -2.68. The van der Waals surface area contributed by atoms with Crippen molar-refractivity contribution in [3.63, 3.8) is 0 Å². The van der Waals surface area contributed by atoms with Gasteiger partial charge in [0, 0.05) is 13.5 Å². The maximum Gasteiger partial charge on any atom is 0.217 e. The van der Waals surface area contributed by atoms with Crippen LogP contribution in [-0.2, 0) is 23.7 Å². The molecule has 2 saturated heterocycles. The molecule has 2 aliphatic heterocycles. The van der Waals surface area contributed by atoms with E-state index in [-0.39, 0.29) is 5.91 Å². The van der Waals surface area contributed by atoms with Crippen LogP contribution < -0.4 is 5.32 Å². The normalized spacial score (nSPS) is 33.5. The molecule has 2 aliphatic rings. The lowest BCUT2D eigenvalue weighted by molar-refractivity contribution is -0.368. The monoisotopic (exact) mass is 373 g/mol. The smallest absolute Gasteiger partial charge is 0.217 e. The Labute approximate surface area is 156 Å². The Morgan fingerprint density at radius 2 is 1.92 bits per heavy atom. The Balaban J connectivity index is 1.88. The lowest BCUT2D eigenvalue weighted by Gasteiger charge is -2.49. The van der Waals surface area contributed by atoms with E-state index in [9.17, 15) is 9.90 Å². The first kappa shape index (κ1) is 21.6. The predicted octanol–water partition coefficient (Wildman–Crippen LogP) is 2.11. The molecule has 7 nitrogen and oxygen atoms in total. The number of carbonyl (C=O) groups excluding carboxylic acids is 1. The Hall–Kier alpha value is -0.730. The molecule has 1 amide bonds. The van der Waals surface area contributed by atoms with Gasteiger partial charge in [0.15, 0.2) is 12.1 Å². The third-order valence-electron chi connectivity index (χ3n) is 4.84. The summed E-state index contributed by atoms with van der Waals surface area (Å²) in [4.78, 5) is 11.6. The molecule has 7 heteroatoms. The molecule has 2 rings (SSSR count). The minimum absolute atomic E-state index is 0.240. The Bertz CT molecular complexity index is 444. The predicted molar refractivity (Wildman–Crippen MR) is 96.5 cm³/mol. The highest BCUT2D eigenvalue weighted by Crippen LogP contribution is 2.32. The van der Waals surface area contributed by atoms with E-state index in [4.69, 9.17) is 18.9 Å². The molecule has 0 radical (unpaired) electrons. The van der Waals surface area contributed by atoms with Gasteiger partial charge in [-0.15, -0.1) is 0 Å². The second-order valence-corrected chi connectivity index (χ2v) is 7.69. The molecule has 0 aliphatic carbocycles. The molecule has 0 aromatic carbocycles. The van der Waals surface area contributed by atoms with Crippen molar-refractivity contribution in [1.82, 2.24) is 5.32 Å². The van der Waals surface area contributed by atoms with Crippen molar-refractivity contribution in [2.75, 3.05) is 13.2 Å². The van der Waals surface area contributed by atoms with Gasteiger partial charge in [0.05, 0.1) is 6.61 Å². The average molecular weight is 373 g/mol. The van der Waals surface area contributed by atoms with E-state index < -0.39 is 36.4 Å². The quantitative estimate of drug-likeness (QED) is 0.602. The zero-order valence-electron chi connectivity index (χ0n) is 16.5. The number of aliphatic hydroxyl groups is 1. The van der Waals surface area contributed by atoms with Crippen molar-refractivity contribution < 1.29 is 28.8 Å². The summed E-state index contributed by atoms with van der Waals surface area (Å²) >= 11 is 0. The molecule has 0 unspecified atom stereocenters. The van der Waals surface area contributed by atoms with Gasteiger partial charge in [-0.1, -0.05) is 39.0 Å². The van der Waals surface area contributed by atoms with Crippen LogP contribution in [0.4, 0.5) is 0 Å². The van der Waals surface area contributed by atoms with Crippen LogP contribution in [0.1, 0.15) is 66.2 Å². The van der Waals surface area contributed by atoms with Gasteiger partial charge < -0.3 is 29.4 Å². The topological polar surface area (TPSA) is 86.2 Å². The molecular formula is C19H35NO6. The maximum absolute atomic E-state index is 11.6. The summed E-state index contributed by atoms with van der Waals surface area (Å²) in [7, 11) is 0. The molecule has 0 aromatic rings.